The number of aromatic nitrogens is 1. The average molecular weight is 173 g/mol. The number of hydrogen-bond acceptors (Lipinski definition) is 1. The van der Waals surface area contributed by atoms with Crippen molar-refractivity contribution in [2.75, 3.05) is 0 Å². The van der Waals surface area contributed by atoms with Gasteiger partial charge in [0.15, 0.2) is 0 Å². The standard InChI is InChI=1S/C11H11NO/c13-9-11-7-4-8-12(11)10-5-2-1-3-6-10/h1-8,13H,9H2. The first-order valence-electron chi connectivity index (χ1n) is 4.24. The zero-order valence-corrected chi connectivity index (χ0v) is 7.22. The molecular formula is C11H11NO. The summed E-state index contributed by atoms with van der Waals surface area (Å²) in [6.45, 7) is 0.0713. The summed E-state index contributed by atoms with van der Waals surface area (Å²) >= 11 is 0. The van der Waals surface area contributed by atoms with Gasteiger partial charge in [0.2, 0.25) is 0 Å². The lowest BCUT2D eigenvalue weighted by Gasteiger charge is -2.06. The van der Waals surface area contributed by atoms with Crippen molar-refractivity contribution in [3.8, 4) is 5.69 Å². The molecule has 2 rings (SSSR count). The molecular weight excluding hydrogens is 162 g/mol. The van der Waals surface area contributed by atoms with Crippen LogP contribution < -0.4 is 0 Å². The van der Waals surface area contributed by atoms with Gasteiger partial charge in [-0.15, -0.1) is 0 Å². The molecule has 0 amide bonds. The van der Waals surface area contributed by atoms with Crippen LogP contribution in [-0.2, 0) is 6.61 Å². The summed E-state index contributed by atoms with van der Waals surface area (Å²) in [7, 11) is 0. The molecule has 1 aromatic carbocycles. The van der Waals surface area contributed by atoms with E-state index in [0.717, 1.165) is 11.4 Å². The molecule has 0 bridgehead atoms. The van der Waals surface area contributed by atoms with Crippen LogP contribution >= 0.6 is 0 Å². The predicted molar refractivity (Wildman–Crippen MR) is 51.7 cm³/mol. The SMILES string of the molecule is OCc1cccn1-c1ccccc1. The Labute approximate surface area is 77.1 Å². The number of aliphatic hydroxyl groups excluding tert-OH is 1. The Hall–Kier alpha value is -1.54. The zero-order chi connectivity index (χ0) is 9.10. The van der Waals surface area contributed by atoms with Gasteiger partial charge in [-0.2, -0.15) is 0 Å². The van der Waals surface area contributed by atoms with Crippen molar-refractivity contribution in [3.05, 3.63) is 54.4 Å². The van der Waals surface area contributed by atoms with Crippen LogP contribution in [0.2, 0.25) is 0 Å². The number of nitrogens with zero attached hydrogens (tertiary/aromatic N) is 1. The molecule has 0 spiro atoms. The van der Waals surface area contributed by atoms with Crippen LogP contribution in [0.1, 0.15) is 5.69 Å². The van der Waals surface area contributed by atoms with Gasteiger partial charge in [0.05, 0.1) is 6.61 Å². The quantitative estimate of drug-likeness (QED) is 0.738. The van der Waals surface area contributed by atoms with Crippen LogP contribution in [0.25, 0.3) is 5.69 Å². The van der Waals surface area contributed by atoms with Gasteiger partial charge in [-0.1, -0.05) is 18.2 Å². The van der Waals surface area contributed by atoms with Gasteiger partial charge < -0.3 is 9.67 Å². The number of benzene rings is 1. The van der Waals surface area contributed by atoms with E-state index in [9.17, 15) is 0 Å². The number of rotatable bonds is 2. The van der Waals surface area contributed by atoms with E-state index < -0.39 is 0 Å². The fourth-order valence-corrected chi connectivity index (χ4v) is 1.39. The van der Waals surface area contributed by atoms with Gasteiger partial charge in [-0.05, 0) is 24.3 Å². The van der Waals surface area contributed by atoms with Gasteiger partial charge in [0.25, 0.3) is 0 Å². The molecule has 1 N–H and O–H groups in total. The molecule has 0 atom stereocenters. The molecule has 2 nitrogen and oxygen atoms in total. The van der Waals surface area contributed by atoms with Crippen molar-refractivity contribution in [1.82, 2.24) is 4.57 Å². The van der Waals surface area contributed by atoms with E-state index in [1.165, 1.54) is 0 Å². The van der Waals surface area contributed by atoms with Crippen molar-refractivity contribution < 1.29 is 5.11 Å². The third-order valence-corrected chi connectivity index (χ3v) is 2.03. The molecule has 0 aliphatic rings. The topological polar surface area (TPSA) is 25.2 Å². The normalized spacial score (nSPS) is 10.2. The zero-order valence-electron chi connectivity index (χ0n) is 7.22. The highest BCUT2D eigenvalue weighted by Crippen LogP contribution is 2.11. The van der Waals surface area contributed by atoms with Gasteiger partial charge in [0.1, 0.15) is 0 Å². The van der Waals surface area contributed by atoms with E-state index in [1.54, 1.807) is 0 Å². The Morgan fingerprint density at radius 2 is 1.77 bits per heavy atom. The molecule has 0 unspecified atom stereocenters. The minimum atomic E-state index is 0.0713. The predicted octanol–water partition coefficient (Wildman–Crippen LogP) is 1.97. The van der Waals surface area contributed by atoms with Gasteiger partial charge >= 0.3 is 0 Å². The van der Waals surface area contributed by atoms with Crippen molar-refractivity contribution in [2.45, 2.75) is 6.61 Å². The van der Waals surface area contributed by atoms with Crippen molar-refractivity contribution in [3.63, 3.8) is 0 Å². The van der Waals surface area contributed by atoms with Crippen molar-refractivity contribution in [1.29, 1.82) is 0 Å². The molecule has 13 heavy (non-hydrogen) atoms. The van der Waals surface area contributed by atoms with Crippen molar-refractivity contribution >= 4 is 0 Å². The smallest absolute Gasteiger partial charge is 0.0836 e. The van der Waals surface area contributed by atoms with Crippen LogP contribution in [-0.4, -0.2) is 9.67 Å². The van der Waals surface area contributed by atoms with Crippen LogP contribution in [0, 0.1) is 0 Å². The Morgan fingerprint density at radius 1 is 1.00 bits per heavy atom. The minimum Gasteiger partial charge on any atom is -0.390 e. The molecule has 0 fully saturated rings. The molecule has 66 valence electrons. The molecule has 0 aliphatic carbocycles. The van der Waals surface area contributed by atoms with Crippen LogP contribution in [0.4, 0.5) is 0 Å². The highest BCUT2D eigenvalue weighted by molar-refractivity contribution is 5.34. The third kappa shape index (κ3) is 1.48. The lowest BCUT2D eigenvalue weighted by Crippen LogP contribution is -1.97. The first-order valence-corrected chi connectivity index (χ1v) is 4.24. The second kappa shape index (κ2) is 3.46. The van der Waals surface area contributed by atoms with E-state index in [2.05, 4.69) is 0 Å². The van der Waals surface area contributed by atoms with E-state index in [0.29, 0.717) is 0 Å². The number of para-hydroxylation sites is 1. The van der Waals surface area contributed by atoms with E-state index in [-0.39, 0.29) is 6.61 Å². The molecule has 1 aromatic heterocycles. The Morgan fingerprint density at radius 3 is 2.46 bits per heavy atom. The van der Waals surface area contributed by atoms with Gasteiger partial charge in [-0.3, -0.25) is 0 Å². The van der Waals surface area contributed by atoms with Gasteiger partial charge in [0, 0.05) is 17.6 Å². The second-order valence-electron chi connectivity index (χ2n) is 2.86. The molecule has 1 heterocycles. The lowest BCUT2D eigenvalue weighted by atomic mass is 10.3. The Kier molecular flexibility index (Phi) is 2.15. The minimum absolute atomic E-state index is 0.0713. The molecule has 0 aliphatic heterocycles. The van der Waals surface area contributed by atoms with Crippen LogP contribution in [0.3, 0.4) is 0 Å². The summed E-state index contributed by atoms with van der Waals surface area (Å²) in [5.74, 6) is 0. The maximum Gasteiger partial charge on any atom is 0.0836 e. The van der Waals surface area contributed by atoms with Crippen LogP contribution in [0.15, 0.2) is 48.7 Å². The largest absolute Gasteiger partial charge is 0.390 e. The number of hydrogen-bond donors (Lipinski definition) is 1. The molecule has 0 radical (unpaired) electrons. The molecule has 0 saturated heterocycles. The maximum absolute atomic E-state index is 9.05. The molecule has 2 heteroatoms. The van der Waals surface area contributed by atoms with Gasteiger partial charge in [-0.25, -0.2) is 0 Å². The highest BCUT2D eigenvalue weighted by Gasteiger charge is 1.99. The summed E-state index contributed by atoms with van der Waals surface area (Å²) in [5.41, 5.74) is 1.99. The lowest BCUT2D eigenvalue weighted by molar-refractivity contribution is 0.274. The Bertz CT molecular complexity index is 378. The summed E-state index contributed by atoms with van der Waals surface area (Å²) in [4.78, 5) is 0. The Balaban J connectivity index is 2.47. The summed E-state index contributed by atoms with van der Waals surface area (Å²) in [6, 6.07) is 13.8. The highest BCUT2D eigenvalue weighted by atomic mass is 16.3. The third-order valence-electron chi connectivity index (χ3n) is 2.03. The first-order chi connectivity index (χ1) is 6.42. The second-order valence-corrected chi connectivity index (χ2v) is 2.86. The summed E-state index contributed by atoms with van der Waals surface area (Å²) in [5, 5.41) is 9.05. The average Bonchev–Trinajstić information content (AvgIpc) is 2.67. The van der Waals surface area contributed by atoms with E-state index in [1.807, 2.05) is 53.2 Å². The maximum atomic E-state index is 9.05. The summed E-state index contributed by atoms with van der Waals surface area (Å²) in [6.07, 6.45) is 1.95. The number of aliphatic hydroxyl groups is 1. The first kappa shape index (κ1) is 8.08. The molecule has 0 saturated carbocycles. The fraction of sp³-hybridized carbons (Fsp3) is 0.0909. The summed E-state index contributed by atoms with van der Waals surface area (Å²) < 4.78 is 1.97. The van der Waals surface area contributed by atoms with E-state index in [4.69, 9.17) is 5.11 Å². The van der Waals surface area contributed by atoms with Crippen molar-refractivity contribution in [2.24, 2.45) is 0 Å². The molecule has 2 aromatic rings. The fourth-order valence-electron chi connectivity index (χ4n) is 1.39. The van der Waals surface area contributed by atoms with E-state index >= 15 is 0 Å². The van der Waals surface area contributed by atoms with Crippen LogP contribution in [0.5, 0.6) is 0 Å². The monoisotopic (exact) mass is 173 g/mol.